The molecule has 1 nitrogen and oxygen atoms in total. The largest absolute Gasteiger partial charge is 0.245 e. The quantitative estimate of drug-likeness (QED) is 0.111. The molecule has 0 radical (unpaired) electrons. The van der Waals surface area contributed by atoms with Crippen molar-refractivity contribution in [3.63, 3.8) is 0 Å². The Hall–Kier alpha value is -2.30. The summed E-state index contributed by atoms with van der Waals surface area (Å²) in [7, 11) is -1.34. The van der Waals surface area contributed by atoms with Gasteiger partial charge in [-0.3, -0.25) is 0 Å². The van der Waals surface area contributed by atoms with Gasteiger partial charge in [-0.15, -0.1) is 0 Å². The number of rotatable bonds is 15. The third-order valence-corrected chi connectivity index (χ3v) is 12.2. The number of hydrogen-bond donors (Lipinski definition) is 0. The van der Waals surface area contributed by atoms with E-state index in [0.29, 0.717) is 0 Å². The molecule has 0 aromatic heterocycles. The topological polar surface area (TPSA) is 3.24 Å². The van der Waals surface area contributed by atoms with E-state index in [1.165, 1.54) is 72.6 Å². The first-order chi connectivity index (χ1) is 18.4. The van der Waals surface area contributed by atoms with Crippen molar-refractivity contribution in [1.29, 1.82) is 0 Å². The van der Waals surface area contributed by atoms with Gasteiger partial charge >= 0.3 is 0 Å². The maximum atomic E-state index is 2.89. The van der Waals surface area contributed by atoms with Crippen LogP contribution in [0.25, 0.3) is 0 Å². The normalized spacial score (nSPS) is 11.5. The summed E-state index contributed by atoms with van der Waals surface area (Å²) in [5.41, 5.74) is 0. The van der Waals surface area contributed by atoms with Gasteiger partial charge in [-0.2, -0.15) is 0 Å². The Morgan fingerprint density at radius 3 is 1.03 bits per heavy atom. The molecule has 4 aromatic carbocycles. The first-order valence-corrected chi connectivity index (χ1v) is 16.5. The summed E-state index contributed by atoms with van der Waals surface area (Å²) >= 11 is 0. The summed E-state index contributed by atoms with van der Waals surface area (Å²) in [6.45, 7) is 3.41. The van der Waals surface area contributed by atoms with E-state index < -0.39 is 16.1 Å². The van der Waals surface area contributed by atoms with Crippen LogP contribution in [0.1, 0.15) is 58.3 Å². The summed E-state index contributed by atoms with van der Waals surface area (Å²) in [5.74, 6) is 0. The van der Waals surface area contributed by atoms with Crippen molar-refractivity contribution in [3.8, 4) is 0 Å². The Morgan fingerprint density at radius 1 is 0.405 bits per heavy atom. The van der Waals surface area contributed by atoms with Crippen LogP contribution in [0.3, 0.4) is 0 Å². The summed E-state index contributed by atoms with van der Waals surface area (Å²) in [5, 5.41) is 5.73. The van der Waals surface area contributed by atoms with Crippen LogP contribution < -0.4 is 21.2 Å². The zero-order valence-corrected chi connectivity index (χ0v) is 24.0. The van der Waals surface area contributed by atoms with E-state index in [-0.39, 0.29) is 0 Å². The molecular weight excluding hydrogens is 484 g/mol. The van der Waals surface area contributed by atoms with Crippen molar-refractivity contribution < 1.29 is 0 Å². The molecule has 0 bridgehead atoms. The van der Waals surface area contributed by atoms with Gasteiger partial charge in [-0.25, -0.2) is 4.44 Å². The molecule has 0 spiro atoms. The number of nitrogens with zero attached hydrogens (tertiary/aromatic N) is 1. The predicted octanol–water partition coefficient (Wildman–Crippen LogP) is 8.52. The molecule has 0 aliphatic rings. The molecule has 0 saturated heterocycles. The molecule has 0 aliphatic carbocycles. The van der Waals surface area contributed by atoms with Crippen molar-refractivity contribution >= 4 is 37.4 Å². The van der Waals surface area contributed by atoms with E-state index in [1.807, 2.05) is 0 Å². The molecule has 192 valence electrons. The minimum atomic E-state index is -0.671. The zero-order chi connectivity index (χ0) is 25.5. The maximum absolute atomic E-state index is 2.89. The molecular formula is C34H41NP2. The third-order valence-electron chi connectivity index (χ3n) is 6.68. The summed E-state index contributed by atoms with van der Waals surface area (Å²) < 4.78 is 2.89. The molecule has 4 rings (SSSR count). The van der Waals surface area contributed by atoms with Crippen molar-refractivity contribution in [2.45, 2.75) is 58.3 Å². The molecule has 0 amide bonds. The van der Waals surface area contributed by atoms with E-state index in [4.69, 9.17) is 0 Å². The lowest BCUT2D eigenvalue weighted by molar-refractivity contribution is 0.552. The van der Waals surface area contributed by atoms with E-state index >= 15 is 0 Å². The van der Waals surface area contributed by atoms with Crippen LogP contribution in [-0.4, -0.2) is 11.0 Å². The zero-order valence-electron chi connectivity index (χ0n) is 22.3. The molecule has 4 aromatic rings. The van der Waals surface area contributed by atoms with Gasteiger partial charge in [0.1, 0.15) is 0 Å². The summed E-state index contributed by atoms with van der Waals surface area (Å²) in [4.78, 5) is 0. The molecule has 0 aliphatic heterocycles. The van der Waals surface area contributed by atoms with E-state index in [2.05, 4.69) is 133 Å². The monoisotopic (exact) mass is 525 g/mol. The van der Waals surface area contributed by atoms with Crippen LogP contribution >= 0.6 is 16.1 Å². The highest BCUT2D eigenvalue weighted by atomic mass is 31.2. The van der Waals surface area contributed by atoms with Gasteiger partial charge in [-0.05, 0) is 27.6 Å². The lowest BCUT2D eigenvalue weighted by atomic mass is 10.1. The van der Waals surface area contributed by atoms with E-state index in [9.17, 15) is 0 Å². The standard InChI is InChI=1S/C34H41NP2/c1-2-3-4-5-6-7-8-21-30-35(36(31-22-13-9-14-23-31)32-24-15-10-16-25-32)37(33-26-17-11-18-27-33)34-28-19-12-20-29-34/h9-20,22-29H,2-8,21,30H2,1H3. The minimum Gasteiger partial charge on any atom is -0.245 e. The number of unbranched alkanes of at least 4 members (excludes halogenated alkanes) is 7. The van der Waals surface area contributed by atoms with Crippen LogP contribution in [0.4, 0.5) is 0 Å². The van der Waals surface area contributed by atoms with Gasteiger partial charge in [0.15, 0.2) is 0 Å². The molecule has 37 heavy (non-hydrogen) atoms. The Labute approximate surface area is 227 Å². The van der Waals surface area contributed by atoms with Crippen LogP contribution in [0.15, 0.2) is 121 Å². The van der Waals surface area contributed by atoms with Crippen molar-refractivity contribution in [1.82, 2.24) is 4.44 Å². The van der Waals surface area contributed by atoms with Crippen LogP contribution in [-0.2, 0) is 0 Å². The minimum absolute atomic E-state index is 0.671. The van der Waals surface area contributed by atoms with Crippen molar-refractivity contribution in [2.75, 3.05) is 6.54 Å². The molecule has 0 saturated carbocycles. The average Bonchev–Trinajstić information content (AvgIpc) is 2.97. The van der Waals surface area contributed by atoms with Gasteiger partial charge in [0.25, 0.3) is 0 Å². The second-order valence-corrected chi connectivity index (χ2v) is 14.1. The van der Waals surface area contributed by atoms with Gasteiger partial charge in [0, 0.05) is 22.7 Å². The third kappa shape index (κ3) is 8.35. The molecule has 0 N–H and O–H groups in total. The molecule has 0 atom stereocenters. The number of benzene rings is 4. The Kier molecular flexibility index (Phi) is 11.9. The van der Waals surface area contributed by atoms with Gasteiger partial charge in [0.2, 0.25) is 0 Å². The van der Waals surface area contributed by atoms with Crippen LogP contribution in [0.2, 0.25) is 0 Å². The lowest BCUT2D eigenvalue weighted by Crippen LogP contribution is -2.32. The average molecular weight is 526 g/mol. The fourth-order valence-electron chi connectivity index (χ4n) is 4.78. The van der Waals surface area contributed by atoms with Crippen molar-refractivity contribution in [2.24, 2.45) is 0 Å². The van der Waals surface area contributed by atoms with E-state index in [1.54, 1.807) is 0 Å². The van der Waals surface area contributed by atoms with Gasteiger partial charge < -0.3 is 0 Å². The summed E-state index contributed by atoms with van der Waals surface area (Å²) in [6, 6.07) is 44.9. The fraction of sp³-hybridized carbons (Fsp3) is 0.294. The molecule has 3 heteroatoms. The first kappa shape index (κ1) is 27.7. The van der Waals surface area contributed by atoms with Crippen molar-refractivity contribution in [3.05, 3.63) is 121 Å². The SMILES string of the molecule is CCCCCCCCCCN(P(c1ccccc1)c1ccccc1)P(c1ccccc1)c1ccccc1. The highest BCUT2D eigenvalue weighted by Crippen LogP contribution is 2.54. The van der Waals surface area contributed by atoms with Crippen LogP contribution in [0, 0.1) is 0 Å². The highest BCUT2D eigenvalue weighted by molar-refractivity contribution is 7.84. The van der Waals surface area contributed by atoms with Crippen LogP contribution in [0.5, 0.6) is 0 Å². The number of hydrogen-bond acceptors (Lipinski definition) is 1. The lowest BCUT2D eigenvalue weighted by Gasteiger charge is -2.39. The molecule has 0 heterocycles. The second kappa shape index (κ2) is 15.8. The smallest absolute Gasteiger partial charge is 0.0323 e. The van der Waals surface area contributed by atoms with Gasteiger partial charge in [0.05, 0.1) is 0 Å². The Morgan fingerprint density at radius 2 is 0.703 bits per heavy atom. The Bertz CT molecular complexity index is 958. The second-order valence-electron chi connectivity index (χ2n) is 9.54. The fourth-order valence-corrected chi connectivity index (χ4v) is 10.9. The molecule has 0 fully saturated rings. The Balaban J connectivity index is 1.68. The maximum Gasteiger partial charge on any atom is 0.0323 e. The summed E-state index contributed by atoms with van der Waals surface area (Å²) in [6.07, 6.45) is 10.7. The molecule has 0 unspecified atom stereocenters. The van der Waals surface area contributed by atoms with Gasteiger partial charge in [-0.1, -0.05) is 173 Å². The highest BCUT2D eigenvalue weighted by Gasteiger charge is 2.31. The first-order valence-electron chi connectivity index (χ1n) is 14.0. The van der Waals surface area contributed by atoms with E-state index in [0.717, 1.165) is 6.54 Å². The predicted molar refractivity (Wildman–Crippen MR) is 167 cm³/mol.